The van der Waals surface area contributed by atoms with Gasteiger partial charge in [-0.1, -0.05) is 34.7 Å². The van der Waals surface area contributed by atoms with Crippen LogP contribution in [0.2, 0.25) is 0 Å². The highest BCUT2D eigenvalue weighted by molar-refractivity contribution is 14.1. The van der Waals surface area contributed by atoms with Crippen LogP contribution in [0.25, 0.3) is 0 Å². The van der Waals surface area contributed by atoms with E-state index in [9.17, 15) is 13.2 Å². The van der Waals surface area contributed by atoms with E-state index in [0.717, 1.165) is 6.07 Å². The van der Waals surface area contributed by atoms with Crippen LogP contribution in [0, 0.1) is 0 Å². The molecule has 14 heavy (non-hydrogen) atoms. The van der Waals surface area contributed by atoms with Gasteiger partial charge in [-0.3, -0.25) is 0 Å². The molecule has 1 aromatic carbocycles. The van der Waals surface area contributed by atoms with Gasteiger partial charge in [0.15, 0.2) is 0 Å². The van der Waals surface area contributed by atoms with Crippen LogP contribution in [-0.4, -0.2) is 0 Å². The zero-order chi connectivity index (χ0) is 10.8. The Bertz CT molecular complexity index is 322. The molecular weight excluding hydrogens is 306 g/mol. The van der Waals surface area contributed by atoms with Gasteiger partial charge in [-0.2, -0.15) is 13.2 Å². The molecule has 0 spiro atoms. The van der Waals surface area contributed by atoms with E-state index in [0.29, 0.717) is 15.6 Å². The summed E-state index contributed by atoms with van der Waals surface area (Å²) >= 11 is 1.91. The zero-order valence-corrected chi connectivity index (χ0v) is 9.39. The van der Waals surface area contributed by atoms with E-state index < -0.39 is 11.7 Å². The molecular formula is C9H9F3IN. The molecule has 0 aliphatic heterocycles. The molecule has 0 aliphatic carbocycles. The van der Waals surface area contributed by atoms with Gasteiger partial charge in [0.05, 0.1) is 5.56 Å². The first kappa shape index (κ1) is 11.8. The Morgan fingerprint density at radius 3 is 2.36 bits per heavy atom. The maximum atomic E-state index is 12.5. The topological polar surface area (TPSA) is 26.0 Å². The molecule has 0 radical (unpaired) electrons. The number of benzene rings is 1. The smallest absolute Gasteiger partial charge is 0.326 e. The lowest BCUT2D eigenvalue weighted by atomic mass is 10.0. The third-order valence-electron chi connectivity index (χ3n) is 1.86. The molecule has 0 heterocycles. The highest BCUT2D eigenvalue weighted by Crippen LogP contribution is 2.33. The number of halogens is 4. The van der Waals surface area contributed by atoms with Crippen LogP contribution < -0.4 is 5.73 Å². The molecule has 1 aromatic rings. The van der Waals surface area contributed by atoms with Crippen molar-refractivity contribution in [2.75, 3.05) is 0 Å². The molecule has 0 saturated carbocycles. The van der Waals surface area contributed by atoms with Crippen LogP contribution in [0.4, 0.5) is 13.2 Å². The van der Waals surface area contributed by atoms with E-state index in [-0.39, 0.29) is 6.54 Å². The van der Waals surface area contributed by atoms with Crippen molar-refractivity contribution in [3.05, 3.63) is 34.9 Å². The largest absolute Gasteiger partial charge is 0.416 e. The molecule has 78 valence electrons. The summed E-state index contributed by atoms with van der Waals surface area (Å²) in [6.07, 6.45) is -4.29. The second-order valence-electron chi connectivity index (χ2n) is 2.83. The van der Waals surface area contributed by atoms with Crippen molar-refractivity contribution in [2.24, 2.45) is 5.73 Å². The van der Waals surface area contributed by atoms with Gasteiger partial charge in [-0.15, -0.1) is 0 Å². The van der Waals surface area contributed by atoms with Crippen LogP contribution in [0.1, 0.15) is 16.7 Å². The Morgan fingerprint density at radius 1 is 1.29 bits per heavy atom. The Labute approximate surface area is 93.6 Å². The predicted molar refractivity (Wildman–Crippen MR) is 57.1 cm³/mol. The van der Waals surface area contributed by atoms with Crippen molar-refractivity contribution >= 4 is 22.6 Å². The van der Waals surface area contributed by atoms with Crippen molar-refractivity contribution in [3.63, 3.8) is 0 Å². The molecule has 0 saturated heterocycles. The monoisotopic (exact) mass is 315 g/mol. The number of nitrogens with two attached hydrogens (primary N) is 1. The molecule has 0 unspecified atom stereocenters. The Balaban J connectivity index is 3.22. The van der Waals surface area contributed by atoms with Crippen LogP contribution in [0.3, 0.4) is 0 Å². The van der Waals surface area contributed by atoms with Crippen LogP contribution in [0.5, 0.6) is 0 Å². The fourth-order valence-corrected chi connectivity index (χ4v) is 1.80. The molecule has 0 aliphatic rings. The summed E-state index contributed by atoms with van der Waals surface area (Å²) in [5.41, 5.74) is 5.52. The number of alkyl halides is 4. The molecule has 1 nitrogen and oxygen atoms in total. The first-order chi connectivity index (χ1) is 6.49. The van der Waals surface area contributed by atoms with Crippen molar-refractivity contribution < 1.29 is 13.2 Å². The third-order valence-corrected chi connectivity index (χ3v) is 2.68. The van der Waals surface area contributed by atoms with Crippen molar-refractivity contribution in [2.45, 2.75) is 17.1 Å². The van der Waals surface area contributed by atoms with Crippen LogP contribution >= 0.6 is 22.6 Å². The first-order valence-electron chi connectivity index (χ1n) is 3.94. The average molecular weight is 315 g/mol. The summed E-state index contributed by atoms with van der Waals surface area (Å²) in [6.45, 7) is 0.130. The summed E-state index contributed by atoms with van der Waals surface area (Å²) in [5, 5.41) is 0. The van der Waals surface area contributed by atoms with E-state index in [2.05, 4.69) is 0 Å². The minimum atomic E-state index is -4.29. The highest BCUT2D eigenvalue weighted by Gasteiger charge is 2.32. The van der Waals surface area contributed by atoms with Gasteiger partial charge in [0.25, 0.3) is 0 Å². The van der Waals surface area contributed by atoms with Gasteiger partial charge in [0.2, 0.25) is 0 Å². The van der Waals surface area contributed by atoms with Crippen molar-refractivity contribution in [1.82, 2.24) is 0 Å². The molecule has 1 rings (SSSR count). The second kappa shape index (κ2) is 4.48. The second-order valence-corrected chi connectivity index (χ2v) is 3.59. The number of hydrogen-bond acceptors (Lipinski definition) is 1. The standard InChI is InChI=1S/C9H9F3IN/c10-9(11,12)8-3-6(5-14)1-2-7(8)4-13/h1-3H,4-5,14H2. The SMILES string of the molecule is NCc1ccc(CI)c(C(F)(F)F)c1. The van der Waals surface area contributed by atoms with Crippen molar-refractivity contribution in [3.8, 4) is 0 Å². The lowest BCUT2D eigenvalue weighted by molar-refractivity contribution is -0.138. The molecule has 0 amide bonds. The van der Waals surface area contributed by atoms with Crippen molar-refractivity contribution in [1.29, 1.82) is 0 Å². The molecule has 0 atom stereocenters. The van der Waals surface area contributed by atoms with Crippen LogP contribution in [-0.2, 0) is 17.1 Å². The minimum absolute atomic E-state index is 0.130. The molecule has 2 N–H and O–H groups in total. The van der Waals surface area contributed by atoms with Gasteiger partial charge in [-0.25, -0.2) is 0 Å². The summed E-state index contributed by atoms with van der Waals surface area (Å²) in [4.78, 5) is 0. The van der Waals surface area contributed by atoms with Gasteiger partial charge in [0.1, 0.15) is 0 Å². The van der Waals surface area contributed by atoms with E-state index >= 15 is 0 Å². The van der Waals surface area contributed by atoms with Gasteiger partial charge in [-0.05, 0) is 17.2 Å². The summed E-state index contributed by atoms with van der Waals surface area (Å²) in [7, 11) is 0. The minimum Gasteiger partial charge on any atom is -0.326 e. The van der Waals surface area contributed by atoms with Gasteiger partial charge in [0, 0.05) is 11.0 Å². The first-order valence-corrected chi connectivity index (χ1v) is 5.46. The van der Waals surface area contributed by atoms with E-state index in [1.54, 1.807) is 6.07 Å². The van der Waals surface area contributed by atoms with E-state index in [1.807, 2.05) is 22.6 Å². The van der Waals surface area contributed by atoms with E-state index in [1.165, 1.54) is 6.07 Å². The molecule has 5 heteroatoms. The Morgan fingerprint density at radius 2 is 1.93 bits per heavy atom. The van der Waals surface area contributed by atoms with Gasteiger partial charge >= 0.3 is 6.18 Å². The fourth-order valence-electron chi connectivity index (χ4n) is 1.13. The van der Waals surface area contributed by atoms with Crippen LogP contribution in [0.15, 0.2) is 18.2 Å². The number of hydrogen-bond donors (Lipinski definition) is 1. The highest BCUT2D eigenvalue weighted by atomic mass is 127. The number of rotatable bonds is 2. The van der Waals surface area contributed by atoms with Gasteiger partial charge < -0.3 is 5.73 Å². The maximum absolute atomic E-state index is 12.5. The lowest BCUT2D eigenvalue weighted by Crippen LogP contribution is -2.10. The Kier molecular flexibility index (Phi) is 3.77. The maximum Gasteiger partial charge on any atom is 0.416 e. The summed E-state index contributed by atoms with van der Waals surface area (Å²) < 4.78 is 37.9. The predicted octanol–water partition coefficient (Wildman–Crippen LogP) is 3.10. The molecule has 0 fully saturated rings. The average Bonchev–Trinajstić information content (AvgIpc) is 2.15. The summed E-state index contributed by atoms with van der Waals surface area (Å²) in [6, 6.07) is 4.23. The quantitative estimate of drug-likeness (QED) is 0.659. The third kappa shape index (κ3) is 2.60. The fraction of sp³-hybridized carbons (Fsp3) is 0.333. The Hall–Kier alpha value is -0.300. The lowest BCUT2D eigenvalue weighted by Gasteiger charge is -2.12. The van der Waals surface area contributed by atoms with E-state index in [4.69, 9.17) is 5.73 Å². The molecule has 0 aromatic heterocycles. The zero-order valence-electron chi connectivity index (χ0n) is 7.24. The summed E-state index contributed by atoms with van der Waals surface area (Å²) in [5.74, 6) is 0. The molecule has 0 bridgehead atoms. The normalized spacial score (nSPS) is 11.8.